The van der Waals surface area contributed by atoms with Gasteiger partial charge in [0.1, 0.15) is 25.6 Å². The molecule has 148 valence electrons. The average molecular weight is 529 g/mol. The van der Waals surface area contributed by atoms with Gasteiger partial charge in [-0.3, -0.25) is 0 Å². The summed E-state index contributed by atoms with van der Waals surface area (Å²) < 4.78 is 12.7. The molecule has 2 aromatic rings. The Morgan fingerprint density at radius 3 is 2.00 bits per heavy atom. The van der Waals surface area contributed by atoms with Gasteiger partial charge in [-0.2, -0.15) is 10.00 Å². The second kappa shape index (κ2) is 7.59. The molecular weight excluding hydrogens is 510 g/mol. The number of hydrogen-bond acceptors (Lipinski definition) is 6. The Bertz CT molecular complexity index is 874. The molecule has 8 nitrogen and oxygen atoms in total. The van der Waals surface area contributed by atoms with Crippen molar-refractivity contribution < 1.29 is 19.1 Å². The molecule has 0 spiro atoms. The Balaban J connectivity index is 2.70. The van der Waals surface area contributed by atoms with Crippen LogP contribution in [0.15, 0.2) is 6.20 Å². The Morgan fingerprint density at radius 2 is 1.56 bits per heavy atom. The fourth-order valence-electron chi connectivity index (χ4n) is 1.98. The molecule has 0 aliphatic carbocycles. The van der Waals surface area contributed by atoms with Gasteiger partial charge in [-0.15, -0.1) is 0 Å². The molecule has 2 amide bonds. The number of aromatic nitrogens is 3. The van der Waals surface area contributed by atoms with E-state index in [-0.39, 0.29) is 21.5 Å². The third-order valence-corrected chi connectivity index (χ3v) is 4.32. The number of amides is 2. The third kappa shape index (κ3) is 5.14. The summed E-state index contributed by atoms with van der Waals surface area (Å²) in [7, 11) is 0. The van der Waals surface area contributed by atoms with Crippen LogP contribution in [0, 0.1) is 3.70 Å². The van der Waals surface area contributed by atoms with Crippen molar-refractivity contribution in [3.8, 4) is 0 Å². The molecular formula is C16H19Cl2IN4O4. The van der Waals surface area contributed by atoms with E-state index in [0.29, 0.717) is 8.60 Å². The molecule has 0 aliphatic heterocycles. The number of imidazole rings is 1. The highest BCUT2D eigenvalue weighted by Crippen LogP contribution is 2.36. The standard InChI is InChI=1S/C16H19Cl2IN4O4/c1-15(2,3)26-13(24)22(14(25)27-16(4,5)6)10-9(17)11(18)21-23-8(19)7-20-12(10)23/h7H,1-6H3. The van der Waals surface area contributed by atoms with Gasteiger partial charge in [-0.05, 0) is 64.1 Å². The number of nitrogens with zero attached hydrogens (tertiary/aromatic N) is 4. The van der Waals surface area contributed by atoms with Crippen LogP contribution in [0.3, 0.4) is 0 Å². The van der Waals surface area contributed by atoms with Gasteiger partial charge in [0.05, 0.1) is 6.20 Å². The zero-order valence-electron chi connectivity index (χ0n) is 15.6. The summed E-state index contributed by atoms with van der Waals surface area (Å²) in [5.74, 6) is 0. The number of hydrogen-bond donors (Lipinski definition) is 0. The lowest BCUT2D eigenvalue weighted by atomic mass is 10.2. The Hall–Kier alpha value is -1.33. The zero-order valence-corrected chi connectivity index (χ0v) is 19.3. The van der Waals surface area contributed by atoms with E-state index in [2.05, 4.69) is 10.1 Å². The van der Waals surface area contributed by atoms with E-state index >= 15 is 0 Å². The van der Waals surface area contributed by atoms with Gasteiger partial charge in [0.25, 0.3) is 0 Å². The van der Waals surface area contributed by atoms with E-state index < -0.39 is 23.4 Å². The van der Waals surface area contributed by atoms with Gasteiger partial charge in [-0.1, -0.05) is 23.2 Å². The Morgan fingerprint density at radius 1 is 1.07 bits per heavy atom. The van der Waals surface area contributed by atoms with Crippen LogP contribution in [0.4, 0.5) is 15.3 Å². The lowest BCUT2D eigenvalue weighted by Crippen LogP contribution is -2.44. The van der Waals surface area contributed by atoms with E-state index in [1.807, 2.05) is 22.6 Å². The minimum atomic E-state index is -0.971. The van der Waals surface area contributed by atoms with E-state index in [1.54, 1.807) is 41.5 Å². The van der Waals surface area contributed by atoms with Crippen molar-refractivity contribution >= 4 is 69.3 Å². The SMILES string of the molecule is CC(C)(C)OC(=O)N(C(=O)OC(C)(C)C)c1c(Cl)c(Cl)nn2c(I)cnc12. The highest BCUT2D eigenvalue weighted by Gasteiger charge is 2.37. The topological polar surface area (TPSA) is 86.0 Å². The van der Waals surface area contributed by atoms with Crippen LogP contribution in [0.1, 0.15) is 41.5 Å². The number of carbonyl (C=O) groups is 2. The Kier molecular flexibility index (Phi) is 6.18. The number of halogens is 3. The van der Waals surface area contributed by atoms with Crippen molar-refractivity contribution in [2.75, 3.05) is 4.90 Å². The first-order chi connectivity index (χ1) is 12.2. The van der Waals surface area contributed by atoms with Crippen molar-refractivity contribution in [2.45, 2.75) is 52.7 Å². The molecule has 0 unspecified atom stereocenters. The minimum absolute atomic E-state index is 0.0666. The van der Waals surface area contributed by atoms with Crippen LogP contribution >= 0.6 is 45.8 Å². The molecule has 0 radical (unpaired) electrons. The molecule has 0 aliphatic rings. The first-order valence-electron chi connectivity index (χ1n) is 7.85. The molecule has 27 heavy (non-hydrogen) atoms. The smallest absolute Gasteiger partial charge is 0.424 e. The summed E-state index contributed by atoms with van der Waals surface area (Å²) in [6, 6.07) is 0. The molecule has 2 aromatic heterocycles. The van der Waals surface area contributed by atoms with Crippen molar-refractivity contribution in [3.63, 3.8) is 0 Å². The van der Waals surface area contributed by atoms with Crippen LogP contribution in [0.2, 0.25) is 10.2 Å². The summed E-state index contributed by atoms with van der Waals surface area (Å²) in [5.41, 5.74) is -1.63. The average Bonchev–Trinajstić information content (AvgIpc) is 2.80. The quantitative estimate of drug-likeness (QED) is 0.466. The molecule has 11 heteroatoms. The van der Waals surface area contributed by atoms with E-state index in [1.165, 1.54) is 10.7 Å². The van der Waals surface area contributed by atoms with Gasteiger partial charge < -0.3 is 9.47 Å². The van der Waals surface area contributed by atoms with Crippen LogP contribution in [-0.2, 0) is 9.47 Å². The lowest BCUT2D eigenvalue weighted by molar-refractivity contribution is 0.0431. The number of fused-ring (bicyclic) bond motifs is 1. The fourth-order valence-corrected chi connectivity index (χ4v) is 2.83. The lowest BCUT2D eigenvalue weighted by Gasteiger charge is -2.29. The molecule has 0 atom stereocenters. The molecule has 0 saturated heterocycles. The maximum atomic E-state index is 12.8. The molecule has 2 rings (SSSR count). The van der Waals surface area contributed by atoms with Gasteiger partial charge in [-0.25, -0.2) is 19.1 Å². The van der Waals surface area contributed by atoms with Crippen LogP contribution < -0.4 is 4.90 Å². The van der Waals surface area contributed by atoms with E-state index in [9.17, 15) is 9.59 Å². The number of ether oxygens (including phenoxy) is 2. The van der Waals surface area contributed by atoms with Crippen molar-refractivity contribution in [3.05, 3.63) is 20.1 Å². The van der Waals surface area contributed by atoms with Gasteiger partial charge in [0, 0.05) is 0 Å². The predicted molar refractivity (Wildman–Crippen MR) is 111 cm³/mol. The summed E-state index contributed by atoms with van der Waals surface area (Å²) in [4.78, 5) is 30.6. The van der Waals surface area contributed by atoms with Gasteiger partial charge in [0.15, 0.2) is 10.8 Å². The number of imide groups is 1. The van der Waals surface area contributed by atoms with Gasteiger partial charge in [0.2, 0.25) is 0 Å². The summed E-state index contributed by atoms with van der Waals surface area (Å²) in [6.07, 6.45) is -0.442. The minimum Gasteiger partial charge on any atom is -0.443 e. The highest BCUT2D eigenvalue weighted by molar-refractivity contribution is 14.1. The number of rotatable bonds is 1. The molecule has 2 heterocycles. The maximum Gasteiger partial charge on any atom is 0.424 e. The summed E-state index contributed by atoms with van der Waals surface area (Å²) in [6.45, 7) is 10.0. The second-order valence-electron chi connectivity index (χ2n) is 7.57. The maximum absolute atomic E-state index is 12.8. The van der Waals surface area contributed by atoms with Crippen LogP contribution in [0.5, 0.6) is 0 Å². The van der Waals surface area contributed by atoms with Crippen LogP contribution in [-0.4, -0.2) is 38.0 Å². The first-order valence-corrected chi connectivity index (χ1v) is 9.69. The molecule has 0 bridgehead atoms. The summed E-state index contributed by atoms with van der Waals surface area (Å²) in [5, 5.41) is 3.87. The summed E-state index contributed by atoms with van der Waals surface area (Å²) >= 11 is 14.4. The normalized spacial score (nSPS) is 12.2. The van der Waals surface area contributed by atoms with Crippen molar-refractivity contribution in [2.24, 2.45) is 0 Å². The number of anilines is 1. The van der Waals surface area contributed by atoms with Crippen molar-refractivity contribution in [1.82, 2.24) is 14.6 Å². The van der Waals surface area contributed by atoms with Crippen molar-refractivity contribution in [1.29, 1.82) is 0 Å². The molecule has 0 N–H and O–H groups in total. The zero-order chi connectivity index (χ0) is 20.7. The monoisotopic (exact) mass is 528 g/mol. The number of carbonyl (C=O) groups excluding carboxylic acids is 2. The second-order valence-corrected chi connectivity index (χ2v) is 9.41. The molecule has 0 fully saturated rings. The third-order valence-electron chi connectivity index (χ3n) is 2.86. The largest absolute Gasteiger partial charge is 0.443 e. The molecule has 0 aromatic carbocycles. The highest BCUT2D eigenvalue weighted by atomic mass is 127. The van der Waals surface area contributed by atoms with Gasteiger partial charge >= 0.3 is 12.2 Å². The van der Waals surface area contributed by atoms with E-state index in [0.717, 1.165) is 0 Å². The van der Waals surface area contributed by atoms with E-state index in [4.69, 9.17) is 32.7 Å². The Labute approximate surface area is 180 Å². The fraction of sp³-hybridized carbons (Fsp3) is 0.500. The predicted octanol–water partition coefficient (Wildman–Crippen LogP) is 5.32. The van der Waals surface area contributed by atoms with Crippen LogP contribution in [0.25, 0.3) is 5.65 Å². The molecule has 0 saturated carbocycles. The first kappa shape index (κ1) is 22.0.